The molecule has 0 bridgehead atoms. The number of hydrogen-bond acceptors (Lipinski definition) is 4. The molecule has 0 unspecified atom stereocenters. The summed E-state index contributed by atoms with van der Waals surface area (Å²) in [5, 5.41) is 12.8. The maximum absolute atomic E-state index is 12.8. The smallest absolute Gasteiger partial charge is 0.257 e. The summed E-state index contributed by atoms with van der Waals surface area (Å²) in [6, 6.07) is 29.4. The minimum Gasteiger partial charge on any atom is -0.388 e. The fourth-order valence-electron chi connectivity index (χ4n) is 3.97. The van der Waals surface area contributed by atoms with Crippen molar-refractivity contribution >= 4 is 16.6 Å². The van der Waals surface area contributed by atoms with Crippen molar-refractivity contribution in [1.29, 1.82) is 5.26 Å². The Morgan fingerprint density at radius 2 is 1.52 bits per heavy atom. The van der Waals surface area contributed by atoms with Crippen LogP contribution < -0.4 is 10.9 Å². The molecule has 2 aromatic heterocycles. The normalized spacial score (nSPS) is 10.7. The average molecular weight is 428 g/mol. The van der Waals surface area contributed by atoms with Crippen molar-refractivity contribution in [2.45, 2.75) is 0 Å². The summed E-state index contributed by atoms with van der Waals surface area (Å²) in [4.78, 5) is 20.7. The maximum Gasteiger partial charge on any atom is 0.257 e. The minimum atomic E-state index is -0.191. The molecule has 158 valence electrons. The van der Waals surface area contributed by atoms with Crippen molar-refractivity contribution in [3.05, 3.63) is 107 Å². The fraction of sp³-hybridized carbons (Fsp3) is 0.0357. The van der Waals surface area contributed by atoms with E-state index in [9.17, 15) is 4.79 Å². The lowest BCUT2D eigenvalue weighted by Gasteiger charge is -2.14. The number of H-pyrrole nitrogens is 1. The van der Waals surface area contributed by atoms with Gasteiger partial charge in [-0.05, 0) is 41.5 Å². The second kappa shape index (κ2) is 8.45. The Morgan fingerprint density at radius 1 is 0.848 bits per heavy atom. The second-order valence-corrected chi connectivity index (χ2v) is 7.69. The molecule has 5 aromatic rings. The van der Waals surface area contributed by atoms with Gasteiger partial charge in [-0.25, -0.2) is 4.98 Å². The van der Waals surface area contributed by atoms with Gasteiger partial charge in [0.05, 0.1) is 28.2 Å². The van der Waals surface area contributed by atoms with E-state index in [1.165, 1.54) is 0 Å². The Hall–Kier alpha value is -4.69. The third kappa shape index (κ3) is 3.75. The van der Waals surface area contributed by atoms with E-state index in [2.05, 4.69) is 16.4 Å². The van der Waals surface area contributed by atoms with Gasteiger partial charge in [0.2, 0.25) is 0 Å². The number of anilines is 1. The molecule has 0 fully saturated rings. The third-order valence-electron chi connectivity index (χ3n) is 5.73. The zero-order valence-corrected chi connectivity index (χ0v) is 18.0. The van der Waals surface area contributed by atoms with Gasteiger partial charge in [0.25, 0.3) is 5.56 Å². The summed E-state index contributed by atoms with van der Waals surface area (Å²) in [6.45, 7) is 0. The van der Waals surface area contributed by atoms with Crippen molar-refractivity contribution in [2.24, 2.45) is 0 Å². The van der Waals surface area contributed by atoms with Gasteiger partial charge in [-0.3, -0.25) is 4.79 Å². The highest BCUT2D eigenvalue weighted by molar-refractivity contribution is 5.98. The topological polar surface area (TPSA) is 81.6 Å². The SMILES string of the molecule is CNc1ccc(-c2nc3c(-c4ccc(C#N)cc4)c[nH]c(=O)c3cc2-c2ccccc2)cc1. The number of nitriles is 1. The zero-order chi connectivity index (χ0) is 22.8. The molecular weight excluding hydrogens is 408 g/mol. The maximum atomic E-state index is 12.8. The first kappa shape index (κ1) is 20.2. The molecule has 0 radical (unpaired) electrons. The van der Waals surface area contributed by atoms with Gasteiger partial charge in [-0.15, -0.1) is 0 Å². The van der Waals surface area contributed by atoms with E-state index in [0.717, 1.165) is 39.2 Å². The van der Waals surface area contributed by atoms with Crippen LogP contribution in [0.2, 0.25) is 0 Å². The highest BCUT2D eigenvalue weighted by Gasteiger charge is 2.16. The minimum absolute atomic E-state index is 0.191. The lowest BCUT2D eigenvalue weighted by atomic mass is 9.96. The molecule has 0 aliphatic rings. The van der Waals surface area contributed by atoms with Gasteiger partial charge in [-0.1, -0.05) is 54.6 Å². The molecule has 5 rings (SSSR count). The predicted molar refractivity (Wildman–Crippen MR) is 133 cm³/mol. The highest BCUT2D eigenvalue weighted by Crippen LogP contribution is 2.35. The van der Waals surface area contributed by atoms with Gasteiger partial charge >= 0.3 is 0 Å². The van der Waals surface area contributed by atoms with E-state index in [0.29, 0.717) is 16.5 Å². The predicted octanol–water partition coefficient (Wildman–Crippen LogP) is 5.84. The monoisotopic (exact) mass is 428 g/mol. The van der Waals surface area contributed by atoms with Crippen molar-refractivity contribution in [2.75, 3.05) is 12.4 Å². The quantitative estimate of drug-likeness (QED) is 0.377. The summed E-state index contributed by atoms with van der Waals surface area (Å²) in [5.74, 6) is 0. The average Bonchev–Trinajstić information content (AvgIpc) is 2.89. The molecule has 0 spiro atoms. The van der Waals surface area contributed by atoms with Gasteiger partial charge < -0.3 is 10.3 Å². The Balaban J connectivity index is 1.81. The van der Waals surface area contributed by atoms with Crippen LogP contribution in [0.4, 0.5) is 5.69 Å². The van der Waals surface area contributed by atoms with E-state index in [1.807, 2.05) is 79.8 Å². The molecule has 0 amide bonds. The van der Waals surface area contributed by atoms with Crippen molar-refractivity contribution in [3.8, 4) is 39.6 Å². The number of hydrogen-bond donors (Lipinski definition) is 2. The Kier molecular flexibility index (Phi) is 5.18. The highest BCUT2D eigenvalue weighted by atomic mass is 16.1. The Labute approximate surface area is 191 Å². The summed E-state index contributed by atoms with van der Waals surface area (Å²) in [5.41, 5.74) is 7.35. The number of benzene rings is 3. The summed E-state index contributed by atoms with van der Waals surface area (Å²) < 4.78 is 0. The lowest BCUT2D eigenvalue weighted by Crippen LogP contribution is -2.08. The first-order valence-electron chi connectivity index (χ1n) is 10.6. The molecule has 33 heavy (non-hydrogen) atoms. The molecule has 2 N–H and O–H groups in total. The summed E-state index contributed by atoms with van der Waals surface area (Å²) in [6.07, 6.45) is 1.69. The molecule has 0 atom stereocenters. The number of fused-ring (bicyclic) bond motifs is 1. The summed E-state index contributed by atoms with van der Waals surface area (Å²) >= 11 is 0. The number of rotatable bonds is 4. The lowest BCUT2D eigenvalue weighted by molar-refractivity contribution is 1.26. The summed E-state index contributed by atoms with van der Waals surface area (Å²) in [7, 11) is 1.88. The van der Waals surface area contributed by atoms with Crippen molar-refractivity contribution < 1.29 is 0 Å². The van der Waals surface area contributed by atoms with Crippen LogP contribution in [0.1, 0.15) is 5.56 Å². The van der Waals surface area contributed by atoms with E-state index < -0.39 is 0 Å². The molecule has 0 aliphatic heterocycles. The fourth-order valence-corrected chi connectivity index (χ4v) is 3.97. The first-order valence-corrected chi connectivity index (χ1v) is 10.6. The van der Waals surface area contributed by atoms with E-state index in [1.54, 1.807) is 18.3 Å². The number of pyridine rings is 2. The van der Waals surface area contributed by atoms with Crippen LogP contribution in [0.5, 0.6) is 0 Å². The molecule has 0 saturated carbocycles. The Bertz CT molecular complexity index is 1550. The van der Waals surface area contributed by atoms with Gasteiger partial charge in [0.1, 0.15) is 0 Å². The molecular formula is C28H20N4O. The number of nitrogens with one attached hydrogen (secondary N) is 2. The molecule has 5 heteroatoms. The molecule has 0 saturated heterocycles. The number of aromatic nitrogens is 2. The largest absolute Gasteiger partial charge is 0.388 e. The number of nitrogens with zero attached hydrogens (tertiary/aromatic N) is 2. The van der Waals surface area contributed by atoms with Crippen LogP contribution in [0.25, 0.3) is 44.4 Å². The third-order valence-corrected chi connectivity index (χ3v) is 5.73. The molecule has 2 heterocycles. The van der Waals surface area contributed by atoms with Crippen LogP contribution in [-0.4, -0.2) is 17.0 Å². The van der Waals surface area contributed by atoms with Crippen molar-refractivity contribution in [1.82, 2.24) is 9.97 Å². The van der Waals surface area contributed by atoms with Crippen LogP contribution in [0, 0.1) is 11.3 Å². The Morgan fingerprint density at radius 3 is 2.18 bits per heavy atom. The van der Waals surface area contributed by atoms with E-state index in [-0.39, 0.29) is 5.56 Å². The molecule has 3 aromatic carbocycles. The van der Waals surface area contributed by atoms with Gasteiger partial charge in [0.15, 0.2) is 0 Å². The van der Waals surface area contributed by atoms with Crippen LogP contribution in [-0.2, 0) is 0 Å². The zero-order valence-electron chi connectivity index (χ0n) is 18.0. The van der Waals surface area contributed by atoms with Crippen LogP contribution in [0.15, 0.2) is 95.9 Å². The number of aromatic amines is 1. The van der Waals surface area contributed by atoms with Crippen LogP contribution in [0.3, 0.4) is 0 Å². The van der Waals surface area contributed by atoms with E-state index in [4.69, 9.17) is 10.2 Å². The molecule has 0 aliphatic carbocycles. The van der Waals surface area contributed by atoms with E-state index >= 15 is 0 Å². The second-order valence-electron chi connectivity index (χ2n) is 7.69. The molecule has 5 nitrogen and oxygen atoms in total. The standard InChI is InChI=1S/C28H20N4O/c1-30-22-13-11-21(12-14-22)26-23(19-5-3-2-4-6-19)15-24-27(32-26)25(17-31-28(24)33)20-9-7-18(16-29)8-10-20/h2-15,17,30H,1H3,(H,31,33). The first-order chi connectivity index (χ1) is 16.2. The van der Waals surface area contributed by atoms with Gasteiger partial charge in [-0.2, -0.15) is 5.26 Å². The van der Waals surface area contributed by atoms with Gasteiger partial charge in [0, 0.05) is 35.6 Å². The van der Waals surface area contributed by atoms with Crippen molar-refractivity contribution in [3.63, 3.8) is 0 Å². The van der Waals surface area contributed by atoms with Crippen LogP contribution >= 0.6 is 0 Å².